The van der Waals surface area contributed by atoms with Crippen molar-refractivity contribution in [1.29, 1.82) is 0 Å². The van der Waals surface area contributed by atoms with Crippen LogP contribution < -0.4 is 14.2 Å². The second-order valence-corrected chi connectivity index (χ2v) is 10.3. The number of methoxy groups -OCH3 is 3. The first kappa shape index (κ1) is 27.6. The van der Waals surface area contributed by atoms with Gasteiger partial charge in [0.1, 0.15) is 17.1 Å². The van der Waals surface area contributed by atoms with E-state index in [1.165, 1.54) is 0 Å². The lowest BCUT2D eigenvalue weighted by Crippen LogP contribution is -2.35. The molecule has 210 valence electrons. The molecular weight excluding hydrogens is 504 g/mol. The lowest BCUT2D eigenvalue weighted by molar-refractivity contribution is -0.130. The molecule has 0 unspecified atom stereocenters. The Bertz CT molecular complexity index is 1460. The molecule has 3 aromatic carbocycles. The van der Waals surface area contributed by atoms with Gasteiger partial charge in [0.05, 0.1) is 27.8 Å². The van der Waals surface area contributed by atoms with Gasteiger partial charge in [-0.3, -0.25) is 4.79 Å². The average molecular weight is 543 g/mol. The van der Waals surface area contributed by atoms with Gasteiger partial charge in [0.15, 0.2) is 11.5 Å². The number of ether oxygens (including phenoxy) is 3. The molecule has 1 aliphatic rings. The van der Waals surface area contributed by atoms with Crippen molar-refractivity contribution < 1.29 is 23.4 Å². The fourth-order valence-corrected chi connectivity index (χ4v) is 5.54. The second kappa shape index (κ2) is 12.5. The van der Waals surface area contributed by atoms with Crippen LogP contribution in [0.5, 0.6) is 17.2 Å². The van der Waals surface area contributed by atoms with E-state index < -0.39 is 0 Å². The maximum Gasteiger partial charge on any atom is 0.227 e. The largest absolute Gasteiger partial charge is 0.497 e. The second-order valence-electron chi connectivity index (χ2n) is 10.3. The summed E-state index contributed by atoms with van der Waals surface area (Å²) < 4.78 is 22.7. The van der Waals surface area contributed by atoms with Crippen molar-refractivity contribution in [2.24, 2.45) is 0 Å². The molecular formula is C33H38N2O5. The summed E-state index contributed by atoms with van der Waals surface area (Å²) >= 11 is 0. The summed E-state index contributed by atoms with van der Waals surface area (Å²) in [6, 6.07) is 20.3. The third kappa shape index (κ3) is 5.94. The van der Waals surface area contributed by atoms with Crippen molar-refractivity contribution in [2.45, 2.75) is 25.7 Å². The molecule has 0 saturated carbocycles. The fraction of sp³-hybridized carbons (Fsp3) is 0.364. The molecule has 0 bridgehead atoms. The maximum absolute atomic E-state index is 13.0. The Labute approximate surface area is 236 Å². The molecule has 1 aliphatic heterocycles. The molecule has 0 N–H and O–H groups in total. The number of benzene rings is 3. The summed E-state index contributed by atoms with van der Waals surface area (Å²) in [6.07, 6.45) is 2.91. The molecule has 0 radical (unpaired) electrons. The minimum atomic E-state index is 0.166. The van der Waals surface area contributed by atoms with E-state index in [9.17, 15) is 4.79 Å². The van der Waals surface area contributed by atoms with Crippen LogP contribution in [-0.2, 0) is 24.1 Å². The number of carbonyl (C=O) groups is 1. The van der Waals surface area contributed by atoms with Gasteiger partial charge in [-0.15, -0.1) is 0 Å². The molecule has 0 saturated heterocycles. The van der Waals surface area contributed by atoms with Crippen molar-refractivity contribution in [3.8, 4) is 28.4 Å². The van der Waals surface area contributed by atoms with Gasteiger partial charge in [0.25, 0.3) is 0 Å². The van der Waals surface area contributed by atoms with Crippen molar-refractivity contribution in [3.05, 3.63) is 77.6 Å². The van der Waals surface area contributed by atoms with Crippen LogP contribution in [0.3, 0.4) is 0 Å². The molecule has 7 heteroatoms. The zero-order valence-electron chi connectivity index (χ0n) is 23.9. The highest BCUT2D eigenvalue weighted by Crippen LogP contribution is 2.37. The Balaban J connectivity index is 1.19. The van der Waals surface area contributed by atoms with Gasteiger partial charge in [-0.05, 0) is 73.5 Å². The zero-order valence-corrected chi connectivity index (χ0v) is 23.9. The van der Waals surface area contributed by atoms with Gasteiger partial charge in [0.2, 0.25) is 5.91 Å². The van der Waals surface area contributed by atoms with E-state index >= 15 is 0 Å². The fourth-order valence-electron chi connectivity index (χ4n) is 5.54. The van der Waals surface area contributed by atoms with Crippen molar-refractivity contribution in [1.82, 2.24) is 9.80 Å². The Morgan fingerprint density at radius 2 is 1.65 bits per heavy atom. The van der Waals surface area contributed by atoms with E-state index in [0.29, 0.717) is 24.5 Å². The predicted molar refractivity (Wildman–Crippen MR) is 158 cm³/mol. The normalized spacial score (nSPS) is 13.4. The monoisotopic (exact) mass is 542 g/mol. The molecule has 0 fully saturated rings. The number of rotatable bonds is 11. The predicted octanol–water partition coefficient (Wildman–Crippen LogP) is 5.62. The van der Waals surface area contributed by atoms with Crippen LogP contribution in [0, 0.1) is 0 Å². The van der Waals surface area contributed by atoms with Gasteiger partial charge in [-0.2, -0.15) is 0 Å². The third-order valence-electron chi connectivity index (χ3n) is 7.77. The molecule has 5 rings (SSSR count). The van der Waals surface area contributed by atoms with Crippen LogP contribution in [-0.4, -0.2) is 70.3 Å². The quantitative estimate of drug-likeness (QED) is 0.245. The highest BCUT2D eigenvalue weighted by molar-refractivity contribution is 5.96. The molecule has 1 aromatic heterocycles. The van der Waals surface area contributed by atoms with E-state index in [2.05, 4.69) is 42.3 Å². The van der Waals surface area contributed by atoms with Gasteiger partial charge in [-0.1, -0.05) is 30.3 Å². The summed E-state index contributed by atoms with van der Waals surface area (Å²) in [7, 11) is 7.08. The Morgan fingerprint density at radius 1 is 0.900 bits per heavy atom. The number of amides is 1. The number of hydrogen-bond donors (Lipinski definition) is 0. The van der Waals surface area contributed by atoms with Crippen LogP contribution >= 0.6 is 0 Å². The average Bonchev–Trinajstić information content (AvgIpc) is 3.27. The van der Waals surface area contributed by atoms with Gasteiger partial charge < -0.3 is 28.4 Å². The first-order valence-corrected chi connectivity index (χ1v) is 13.9. The van der Waals surface area contributed by atoms with E-state index in [4.69, 9.17) is 18.6 Å². The van der Waals surface area contributed by atoms with Crippen LogP contribution in [0.15, 0.2) is 65.1 Å². The number of nitrogens with zero attached hydrogens (tertiary/aromatic N) is 2. The summed E-state index contributed by atoms with van der Waals surface area (Å²) in [5.74, 6) is 3.34. The van der Waals surface area contributed by atoms with Crippen LogP contribution in [0.25, 0.3) is 22.1 Å². The first-order valence-electron chi connectivity index (χ1n) is 13.9. The SMILES string of the molecule is COc1ccc2oc(CCN(C)CCCN3CCc4cc(OC)c(OC)cc4CC3=O)c(-c3ccccc3)c2c1. The van der Waals surface area contributed by atoms with Crippen molar-refractivity contribution in [2.75, 3.05) is 54.6 Å². The van der Waals surface area contributed by atoms with Gasteiger partial charge in [0, 0.05) is 37.0 Å². The first-order chi connectivity index (χ1) is 19.5. The molecule has 0 atom stereocenters. The molecule has 0 spiro atoms. The van der Waals surface area contributed by atoms with Crippen LogP contribution in [0.1, 0.15) is 23.3 Å². The topological polar surface area (TPSA) is 64.4 Å². The van der Waals surface area contributed by atoms with E-state index in [-0.39, 0.29) is 5.91 Å². The highest BCUT2D eigenvalue weighted by atomic mass is 16.5. The Kier molecular flexibility index (Phi) is 8.60. The summed E-state index contributed by atoms with van der Waals surface area (Å²) in [6.45, 7) is 3.21. The van der Waals surface area contributed by atoms with E-state index in [1.54, 1.807) is 21.3 Å². The minimum Gasteiger partial charge on any atom is -0.497 e. The molecule has 0 aliphatic carbocycles. The maximum atomic E-state index is 13.0. The number of furan rings is 1. The molecule has 2 heterocycles. The van der Waals surface area contributed by atoms with Crippen LogP contribution in [0.4, 0.5) is 0 Å². The highest BCUT2D eigenvalue weighted by Gasteiger charge is 2.23. The smallest absolute Gasteiger partial charge is 0.227 e. The van der Waals surface area contributed by atoms with Crippen LogP contribution in [0.2, 0.25) is 0 Å². The van der Waals surface area contributed by atoms with E-state index in [1.807, 2.05) is 35.2 Å². The van der Waals surface area contributed by atoms with Crippen molar-refractivity contribution >= 4 is 16.9 Å². The Morgan fingerprint density at radius 3 is 2.38 bits per heavy atom. The standard InChI is InChI=1S/C33H38N2O5/c1-34(15-8-16-35-18-13-24-19-30(38-3)31(39-4)20-25(24)21-32(35)36)17-14-29-33(23-9-6-5-7-10-23)27-22-26(37-2)11-12-28(27)40-29/h5-7,9-12,19-20,22H,8,13-18,21H2,1-4H3. The summed E-state index contributed by atoms with van der Waals surface area (Å²) in [5, 5.41) is 1.07. The van der Waals surface area contributed by atoms with Gasteiger partial charge in [-0.25, -0.2) is 0 Å². The Hall–Kier alpha value is -3.97. The van der Waals surface area contributed by atoms with Gasteiger partial charge >= 0.3 is 0 Å². The summed E-state index contributed by atoms with van der Waals surface area (Å²) in [4.78, 5) is 17.3. The lowest BCUT2D eigenvalue weighted by Gasteiger charge is -2.22. The lowest BCUT2D eigenvalue weighted by atomic mass is 10.0. The number of fused-ring (bicyclic) bond motifs is 2. The third-order valence-corrected chi connectivity index (χ3v) is 7.77. The number of hydrogen-bond acceptors (Lipinski definition) is 6. The molecule has 7 nitrogen and oxygen atoms in total. The molecule has 4 aromatic rings. The number of carbonyl (C=O) groups excluding carboxylic acids is 1. The van der Waals surface area contributed by atoms with E-state index in [0.717, 1.165) is 83.6 Å². The number of likely N-dealkylation sites (N-methyl/N-ethyl adjacent to an activating group) is 1. The molecule has 40 heavy (non-hydrogen) atoms. The molecule has 1 amide bonds. The zero-order chi connectivity index (χ0) is 28.1. The van der Waals surface area contributed by atoms with Crippen molar-refractivity contribution in [3.63, 3.8) is 0 Å². The minimum absolute atomic E-state index is 0.166. The summed E-state index contributed by atoms with van der Waals surface area (Å²) in [5.41, 5.74) is 5.32.